The van der Waals surface area contributed by atoms with Crippen molar-refractivity contribution in [2.24, 2.45) is 5.73 Å². The topological polar surface area (TPSA) is 38.5 Å². The highest BCUT2D eigenvalue weighted by atomic mass is 19.3. The van der Waals surface area contributed by atoms with E-state index < -0.39 is 6.61 Å². The Morgan fingerprint density at radius 2 is 1.89 bits per heavy atom. The van der Waals surface area contributed by atoms with Crippen molar-refractivity contribution in [2.45, 2.75) is 25.5 Å². The Balaban J connectivity index is 2.05. The van der Waals surface area contributed by atoms with Gasteiger partial charge in [-0.2, -0.15) is 8.78 Å². The molecule has 0 aliphatic carbocycles. The molecular weight excluding hydrogens is 238 g/mol. The number of ether oxygens (including phenoxy) is 1. The van der Waals surface area contributed by atoms with Gasteiger partial charge < -0.3 is 15.4 Å². The molecule has 0 aromatic heterocycles. The van der Waals surface area contributed by atoms with Gasteiger partial charge in [0.1, 0.15) is 5.75 Å². The average Bonchev–Trinajstić information content (AvgIpc) is 2.81. The van der Waals surface area contributed by atoms with Gasteiger partial charge in [-0.25, -0.2) is 0 Å². The van der Waals surface area contributed by atoms with E-state index in [0.29, 0.717) is 12.1 Å². The maximum absolute atomic E-state index is 12.3. The van der Waals surface area contributed by atoms with E-state index >= 15 is 0 Å². The number of rotatable bonds is 5. The highest BCUT2D eigenvalue weighted by molar-refractivity contribution is 5.36. The molecule has 2 rings (SSSR count). The molecule has 1 saturated heterocycles. The summed E-state index contributed by atoms with van der Waals surface area (Å²) >= 11 is 0. The third kappa shape index (κ3) is 3.40. The van der Waals surface area contributed by atoms with E-state index in [4.69, 9.17) is 5.73 Å². The summed E-state index contributed by atoms with van der Waals surface area (Å²) in [5.41, 5.74) is 6.73. The van der Waals surface area contributed by atoms with Gasteiger partial charge >= 0.3 is 6.61 Å². The van der Waals surface area contributed by atoms with E-state index in [1.165, 1.54) is 18.9 Å². The molecule has 1 aromatic carbocycles. The van der Waals surface area contributed by atoms with Gasteiger partial charge in [-0.15, -0.1) is 0 Å². The van der Waals surface area contributed by atoms with Gasteiger partial charge in [-0.3, -0.25) is 0 Å². The maximum Gasteiger partial charge on any atom is 0.387 e. The van der Waals surface area contributed by atoms with Crippen molar-refractivity contribution in [2.75, 3.05) is 19.6 Å². The van der Waals surface area contributed by atoms with Crippen LogP contribution in [0.1, 0.15) is 24.4 Å². The van der Waals surface area contributed by atoms with Crippen molar-refractivity contribution in [3.05, 3.63) is 29.8 Å². The molecule has 0 radical (unpaired) electrons. The van der Waals surface area contributed by atoms with Crippen LogP contribution >= 0.6 is 0 Å². The number of likely N-dealkylation sites (tertiary alicyclic amines) is 1. The molecule has 2 N–H and O–H groups in total. The first-order valence-electron chi connectivity index (χ1n) is 6.18. The van der Waals surface area contributed by atoms with E-state index in [1.807, 2.05) is 0 Å². The minimum Gasteiger partial charge on any atom is -0.434 e. The molecule has 1 unspecified atom stereocenters. The molecule has 1 aliphatic heterocycles. The van der Waals surface area contributed by atoms with Crippen LogP contribution < -0.4 is 10.5 Å². The molecule has 0 spiro atoms. The van der Waals surface area contributed by atoms with E-state index in [0.717, 1.165) is 13.1 Å². The highest BCUT2D eigenvalue weighted by Crippen LogP contribution is 2.26. The number of benzene rings is 1. The fraction of sp³-hybridized carbons (Fsp3) is 0.538. The number of alkyl halides is 2. The lowest BCUT2D eigenvalue weighted by Gasteiger charge is -2.22. The minimum atomic E-state index is -2.81. The summed E-state index contributed by atoms with van der Waals surface area (Å²) < 4.78 is 29.1. The van der Waals surface area contributed by atoms with Crippen molar-refractivity contribution in [1.82, 2.24) is 4.90 Å². The number of nitrogens with two attached hydrogens (primary N) is 1. The van der Waals surface area contributed by atoms with Crippen LogP contribution in [-0.4, -0.2) is 31.1 Å². The van der Waals surface area contributed by atoms with Gasteiger partial charge in [0.15, 0.2) is 0 Å². The summed E-state index contributed by atoms with van der Waals surface area (Å²) in [4.78, 5) is 2.25. The smallest absolute Gasteiger partial charge is 0.387 e. The monoisotopic (exact) mass is 256 g/mol. The zero-order valence-corrected chi connectivity index (χ0v) is 10.2. The van der Waals surface area contributed by atoms with Crippen molar-refractivity contribution in [3.63, 3.8) is 0 Å². The molecule has 1 fully saturated rings. The first-order chi connectivity index (χ1) is 8.66. The summed E-state index contributed by atoms with van der Waals surface area (Å²) in [6.45, 7) is -0.0639. The average molecular weight is 256 g/mol. The predicted molar refractivity (Wildman–Crippen MR) is 65.7 cm³/mol. The molecule has 0 bridgehead atoms. The Hall–Kier alpha value is -1.20. The van der Waals surface area contributed by atoms with Crippen molar-refractivity contribution in [3.8, 4) is 5.75 Å². The molecule has 0 amide bonds. The summed E-state index contributed by atoms with van der Waals surface area (Å²) in [5.74, 6) is 0.180. The van der Waals surface area contributed by atoms with Crippen LogP contribution in [-0.2, 0) is 0 Å². The maximum atomic E-state index is 12.3. The van der Waals surface area contributed by atoms with Gasteiger partial charge in [0.2, 0.25) is 0 Å². The van der Waals surface area contributed by atoms with Crippen LogP contribution in [0.2, 0.25) is 0 Å². The van der Waals surface area contributed by atoms with Gasteiger partial charge in [-0.1, -0.05) is 18.2 Å². The second-order valence-electron chi connectivity index (χ2n) is 4.53. The molecule has 5 heteroatoms. The van der Waals surface area contributed by atoms with Gasteiger partial charge in [0, 0.05) is 18.2 Å². The summed E-state index contributed by atoms with van der Waals surface area (Å²) in [6, 6.07) is 6.45. The van der Waals surface area contributed by atoms with E-state index in [-0.39, 0.29) is 11.8 Å². The van der Waals surface area contributed by atoms with Crippen LogP contribution in [0, 0.1) is 0 Å². The van der Waals surface area contributed by atoms with E-state index in [9.17, 15) is 8.78 Å². The van der Waals surface area contributed by atoms with Crippen LogP contribution in [0.15, 0.2) is 24.3 Å². The molecule has 1 atom stereocenters. The molecule has 1 heterocycles. The van der Waals surface area contributed by atoms with Crippen molar-refractivity contribution in [1.29, 1.82) is 0 Å². The first-order valence-corrected chi connectivity index (χ1v) is 6.18. The fourth-order valence-electron chi connectivity index (χ4n) is 2.33. The molecule has 3 nitrogen and oxygen atoms in total. The number of para-hydroxylation sites is 1. The second-order valence-corrected chi connectivity index (χ2v) is 4.53. The minimum absolute atomic E-state index is 0.180. The van der Waals surface area contributed by atoms with Gasteiger partial charge in [0.05, 0.1) is 0 Å². The number of hydrogen-bond acceptors (Lipinski definition) is 3. The second kappa shape index (κ2) is 6.11. The Morgan fingerprint density at radius 3 is 2.56 bits per heavy atom. The largest absolute Gasteiger partial charge is 0.434 e. The lowest BCUT2D eigenvalue weighted by Crippen LogP contribution is -2.30. The SMILES string of the molecule is NC(CN1CCCC1)c1ccccc1OC(F)F. The Labute approximate surface area is 106 Å². The molecule has 100 valence electrons. The third-order valence-corrected chi connectivity index (χ3v) is 3.19. The van der Waals surface area contributed by atoms with Crippen LogP contribution in [0.5, 0.6) is 5.75 Å². The van der Waals surface area contributed by atoms with E-state index in [2.05, 4.69) is 9.64 Å². The quantitative estimate of drug-likeness (QED) is 0.879. The Kier molecular flexibility index (Phi) is 4.49. The number of hydrogen-bond donors (Lipinski definition) is 1. The zero-order chi connectivity index (χ0) is 13.0. The molecular formula is C13H18F2N2O. The third-order valence-electron chi connectivity index (χ3n) is 3.19. The molecule has 1 aromatic rings. The lowest BCUT2D eigenvalue weighted by molar-refractivity contribution is -0.0506. The van der Waals surface area contributed by atoms with Crippen LogP contribution in [0.3, 0.4) is 0 Å². The molecule has 0 saturated carbocycles. The summed E-state index contributed by atoms with van der Waals surface area (Å²) in [5, 5.41) is 0. The Morgan fingerprint density at radius 1 is 1.22 bits per heavy atom. The standard InChI is InChI=1S/C13H18F2N2O/c14-13(15)18-12-6-2-1-5-10(12)11(16)9-17-7-3-4-8-17/h1-2,5-6,11,13H,3-4,7-9,16H2. The highest BCUT2D eigenvalue weighted by Gasteiger charge is 2.19. The zero-order valence-electron chi connectivity index (χ0n) is 10.2. The summed E-state index contributed by atoms with van der Waals surface area (Å²) in [6.07, 6.45) is 2.36. The molecule has 18 heavy (non-hydrogen) atoms. The van der Waals surface area contributed by atoms with E-state index in [1.54, 1.807) is 18.2 Å². The lowest BCUT2D eigenvalue weighted by atomic mass is 10.1. The summed E-state index contributed by atoms with van der Waals surface area (Å²) in [7, 11) is 0. The van der Waals surface area contributed by atoms with Crippen molar-refractivity contribution >= 4 is 0 Å². The predicted octanol–water partition coefficient (Wildman–Crippen LogP) is 2.38. The fourth-order valence-corrected chi connectivity index (χ4v) is 2.33. The first kappa shape index (κ1) is 13.2. The number of halogens is 2. The normalized spacial score (nSPS) is 18.2. The number of nitrogens with zero attached hydrogens (tertiary/aromatic N) is 1. The van der Waals surface area contributed by atoms with Crippen LogP contribution in [0.25, 0.3) is 0 Å². The van der Waals surface area contributed by atoms with Crippen LogP contribution in [0.4, 0.5) is 8.78 Å². The molecule has 1 aliphatic rings. The Bertz CT molecular complexity index is 381. The van der Waals surface area contributed by atoms with Crippen molar-refractivity contribution < 1.29 is 13.5 Å². The van der Waals surface area contributed by atoms with Gasteiger partial charge in [-0.05, 0) is 32.0 Å². The van der Waals surface area contributed by atoms with Gasteiger partial charge in [0.25, 0.3) is 0 Å².